The summed E-state index contributed by atoms with van der Waals surface area (Å²) in [7, 11) is -3.74. The van der Waals surface area contributed by atoms with E-state index >= 15 is 0 Å². The van der Waals surface area contributed by atoms with Gasteiger partial charge in [0.2, 0.25) is 15.9 Å². The number of fused-ring (bicyclic) bond motifs is 1. The molecule has 4 atom stereocenters. The zero-order chi connectivity index (χ0) is 23.2. The van der Waals surface area contributed by atoms with Crippen LogP contribution in [-0.4, -0.2) is 37.4 Å². The van der Waals surface area contributed by atoms with Crippen LogP contribution in [0.25, 0.3) is 0 Å². The highest BCUT2D eigenvalue weighted by atomic mass is 32.2. The summed E-state index contributed by atoms with van der Waals surface area (Å²) in [5.74, 6) is -0.604. The van der Waals surface area contributed by atoms with Gasteiger partial charge < -0.3 is 5.32 Å². The Balaban J connectivity index is 1.28. The predicted molar refractivity (Wildman–Crippen MR) is 123 cm³/mol. The van der Waals surface area contributed by atoms with Crippen LogP contribution < -0.4 is 10.0 Å². The molecule has 2 spiro atoms. The molecule has 1 saturated heterocycles. The lowest BCUT2D eigenvalue weighted by Gasteiger charge is -2.31. The molecule has 5 rings (SSSR count). The minimum absolute atomic E-state index is 0.0469. The molecule has 2 N–H and O–H groups in total. The van der Waals surface area contributed by atoms with Crippen LogP contribution in [0, 0.1) is 27.6 Å². The summed E-state index contributed by atoms with van der Waals surface area (Å²) in [6.07, 6.45) is 9.46. The van der Waals surface area contributed by atoms with Crippen LogP contribution in [0.5, 0.6) is 0 Å². The second-order valence-corrected chi connectivity index (χ2v) is 14.1. The van der Waals surface area contributed by atoms with Crippen molar-refractivity contribution in [3.8, 4) is 0 Å². The second-order valence-electron chi connectivity index (χ2n) is 12.0. The quantitative estimate of drug-likeness (QED) is 0.512. The highest BCUT2D eigenvalue weighted by Crippen LogP contribution is 2.87. The van der Waals surface area contributed by atoms with E-state index in [1.165, 1.54) is 19.3 Å². The van der Waals surface area contributed by atoms with E-state index in [0.717, 1.165) is 19.4 Å². The van der Waals surface area contributed by atoms with Gasteiger partial charge in [-0.1, -0.05) is 39.7 Å². The molecule has 0 bridgehead atoms. The van der Waals surface area contributed by atoms with Gasteiger partial charge in [0.15, 0.2) is 5.78 Å². The highest BCUT2D eigenvalue weighted by molar-refractivity contribution is 7.91. The van der Waals surface area contributed by atoms with Gasteiger partial charge in [0.25, 0.3) is 0 Å². The topological polar surface area (TPSA) is 92.3 Å². The molecule has 7 heteroatoms. The van der Waals surface area contributed by atoms with Gasteiger partial charge in [-0.3, -0.25) is 14.3 Å². The Morgan fingerprint density at radius 1 is 1.12 bits per heavy atom. The fourth-order valence-corrected chi connectivity index (χ4v) is 9.73. The molecule has 1 amide bonds. The van der Waals surface area contributed by atoms with E-state index in [9.17, 15) is 18.0 Å². The third-order valence-electron chi connectivity index (χ3n) is 10.7. The van der Waals surface area contributed by atoms with Crippen molar-refractivity contribution in [3.05, 3.63) is 12.7 Å². The fraction of sp³-hybridized carbons (Fsp3) is 0.840. The maximum Gasteiger partial charge on any atom is 0.240 e. The predicted octanol–water partition coefficient (Wildman–Crippen LogP) is 3.48. The van der Waals surface area contributed by atoms with E-state index in [1.807, 2.05) is 6.92 Å². The smallest absolute Gasteiger partial charge is 0.240 e. The van der Waals surface area contributed by atoms with Gasteiger partial charge in [0.1, 0.15) is 0 Å². The van der Waals surface area contributed by atoms with E-state index in [-0.39, 0.29) is 35.0 Å². The number of hydrogen-bond donors (Lipinski definition) is 2. The molecular formula is C25H38N2O4S. The van der Waals surface area contributed by atoms with Crippen molar-refractivity contribution in [2.45, 2.75) is 95.8 Å². The normalized spacial score (nSPS) is 39.3. The maximum atomic E-state index is 13.4. The van der Waals surface area contributed by atoms with Crippen molar-refractivity contribution < 1.29 is 18.0 Å². The van der Waals surface area contributed by atoms with Crippen molar-refractivity contribution in [3.63, 3.8) is 0 Å². The molecule has 0 unspecified atom stereocenters. The largest absolute Gasteiger partial charge is 0.307 e. The van der Waals surface area contributed by atoms with Crippen molar-refractivity contribution in [2.24, 2.45) is 27.6 Å². The molecule has 4 saturated carbocycles. The molecule has 0 radical (unpaired) electrons. The molecule has 1 heterocycles. The van der Waals surface area contributed by atoms with Crippen LogP contribution in [0.3, 0.4) is 0 Å². The average Bonchev–Trinajstić information content (AvgIpc) is 3.60. The van der Waals surface area contributed by atoms with Gasteiger partial charge >= 0.3 is 0 Å². The molecule has 178 valence electrons. The lowest BCUT2D eigenvalue weighted by Crippen LogP contribution is -2.45. The van der Waals surface area contributed by atoms with E-state index in [2.05, 4.69) is 30.5 Å². The zero-order valence-electron chi connectivity index (χ0n) is 19.8. The molecule has 5 fully saturated rings. The van der Waals surface area contributed by atoms with Crippen molar-refractivity contribution in [1.29, 1.82) is 0 Å². The van der Waals surface area contributed by atoms with Crippen LogP contribution in [-0.2, 0) is 19.6 Å². The van der Waals surface area contributed by atoms with E-state index in [0.29, 0.717) is 31.1 Å². The monoisotopic (exact) mass is 462 g/mol. The number of nitrogens with one attached hydrogen (secondary N) is 2. The Labute approximate surface area is 192 Å². The minimum atomic E-state index is -3.74. The zero-order valence-corrected chi connectivity index (χ0v) is 20.6. The first-order valence-electron chi connectivity index (χ1n) is 12.4. The van der Waals surface area contributed by atoms with Crippen LogP contribution in [0.4, 0.5) is 0 Å². The minimum Gasteiger partial charge on any atom is -0.307 e. The van der Waals surface area contributed by atoms with Gasteiger partial charge in [0.05, 0.1) is 16.2 Å². The SMILES string of the molecule is C=C[C@@H]1C[C@]1(CC(=O)[C@@H]1C[C@@]2(CN1)C(C)(C)C21CCC1)C(=O)NS(=O)(=O)C1(CCC)CC1. The summed E-state index contributed by atoms with van der Waals surface area (Å²) in [5.41, 5.74) is -0.132. The summed E-state index contributed by atoms with van der Waals surface area (Å²) >= 11 is 0. The Hall–Kier alpha value is -1.21. The first-order valence-corrected chi connectivity index (χ1v) is 13.9. The molecule has 6 nitrogen and oxygen atoms in total. The molecule has 32 heavy (non-hydrogen) atoms. The molecular weight excluding hydrogens is 424 g/mol. The standard InChI is InChI=1S/C25H38N2O4S/c1-5-8-22(11-12-22)32(30,31)27-20(29)23(13-17(23)6-2)15-19(28)18-14-25(16-26-18)21(3,4)24(25)9-7-10-24/h6,17-18,26H,2,5,7-16H2,1,3-4H3,(H,27,29)/t17-,18+,23-,25-/m1/s1. The number of Topliss-reactive ketones (excluding diaryl/α,β-unsaturated/α-hetero) is 1. The second kappa shape index (κ2) is 6.68. The van der Waals surface area contributed by atoms with Gasteiger partial charge in [-0.15, -0.1) is 6.58 Å². The first-order chi connectivity index (χ1) is 15.0. The lowest BCUT2D eigenvalue weighted by atomic mass is 9.73. The van der Waals surface area contributed by atoms with Gasteiger partial charge in [0, 0.05) is 13.0 Å². The van der Waals surface area contributed by atoms with Gasteiger partial charge in [-0.2, -0.15) is 0 Å². The number of sulfonamides is 1. The molecule has 1 aliphatic heterocycles. The molecule has 0 aromatic rings. The number of rotatable bonds is 9. The molecule has 5 aliphatic rings. The number of carbonyl (C=O) groups is 2. The van der Waals surface area contributed by atoms with Crippen LogP contribution in [0.15, 0.2) is 12.7 Å². The van der Waals surface area contributed by atoms with Crippen molar-refractivity contribution in [1.82, 2.24) is 10.0 Å². The number of hydrogen-bond acceptors (Lipinski definition) is 5. The first kappa shape index (κ1) is 22.6. The summed E-state index contributed by atoms with van der Waals surface area (Å²) in [6.45, 7) is 11.3. The number of carbonyl (C=O) groups excluding carboxylic acids is 2. The number of ketones is 1. The van der Waals surface area contributed by atoms with Gasteiger partial charge in [-0.25, -0.2) is 8.42 Å². The van der Waals surface area contributed by atoms with E-state index in [1.54, 1.807) is 6.08 Å². The average molecular weight is 463 g/mol. The third-order valence-corrected chi connectivity index (χ3v) is 12.9. The highest BCUT2D eigenvalue weighted by Gasteiger charge is 2.83. The summed E-state index contributed by atoms with van der Waals surface area (Å²) in [5, 5.41) is 3.48. The Morgan fingerprint density at radius 2 is 1.81 bits per heavy atom. The maximum absolute atomic E-state index is 13.4. The van der Waals surface area contributed by atoms with Crippen LogP contribution in [0.1, 0.15) is 85.0 Å². The van der Waals surface area contributed by atoms with Gasteiger partial charge in [-0.05, 0) is 67.1 Å². The van der Waals surface area contributed by atoms with Crippen LogP contribution >= 0.6 is 0 Å². The lowest BCUT2D eigenvalue weighted by molar-refractivity contribution is -0.130. The summed E-state index contributed by atoms with van der Waals surface area (Å²) < 4.78 is 27.5. The summed E-state index contributed by atoms with van der Waals surface area (Å²) in [4.78, 5) is 26.6. The van der Waals surface area contributed by atoms with Crippen molar-refractivity contribution in [2.75, 3.05) is 6.54 Å². The number of amides is 1. The Morgan fingerprint density at radius 3 is 2.28 bits per heavy atom. The third kappa shape index (κ3) is 2.64. The Kier molecular flexibility index (Phi) is 4.71. The summed E-state index contributed by atoms with van der Waals surface area (Å²) in [6, 6.07) is -0.239. The molecule has 0 aromatic carbocycles. The molecule has 0 aromatic heterocycles. The molecule has 4 aliphatic carbocycles. The van der Waals surface area contributed by atoms with E-state index < -0.39 is 26.1 Å². The Bertz CT molecular complexity index is 978. The van der Waals surface area contributed by atoms with E-state index in [4.69, 9.17) is 0 Å². The van der Waals surface area contributed by atoms with Crippen molar-refractivity contribution >= 4 is 21.7 Å². The van der Waals surface area contributed by atoms with Crippen LogP contribution in [0.2, 0.25) is 0 Å². The fourth-order valence-electron chi connectivity index (χ4n) is 7.95. The number of allylic oxidation sites excluding steroid dienone is 1.